The summed E-state index contributed by atoms with van der Waals surface area (Å²) in [4.78, 5) is 27.2. The van der Waals surface area contributed by atoms with Gasteiger partial charge >= 0.3 is 5.97 Å². The van der Waals surface area contributed by atoms with Crippen LogP contribution >= 0.6 is 0 Å². The summed E-state index contributed by atoms with van der Waals surface area (Å²) in [5.74, 6) is -0.243. The number of benzene rings is 1. The highest BCUT2D eigenvalue weighted by molar-refractivity contribution is 5.79. The Morgan fingerprint density at radius 1 is 1.24 bits per heavy atom. The molecule has 1 aromatic carbocycles. The first-order chi connectivity index (χ1) is 10.1. The van der Waals surface area contributed by atoms with E-state index in [0.717, 1.165) is 13.0 Å². The van der Waals surface area contributed by atoms with Crippen molar-refractivity contribution in [3.8, 4) is 0 Å². The van der Waals surface area contributed by atoms with Gasteiger partial charge in [-0.2, -0.15) is 0 Å². The fraction of sp³-hybridized carbons (Fsp3) is 0.500. The minimum absolute atomic E-state index is 0.0521. The zero-order valence-electron chi connectivity index (χ0n) is 12.7. The second kappa shape index (κ2) is 7.22. The molecule has 1 aliphatic rings. The average molecular weight is 290 g/mol. The first-order valence-corrected chi connectivity index (χ1v) is 7.29. The van der Waals surface area contributed by atoms with Gasteiger partial charge in [-0.3, -0.25) is 14.5 Å². The third-order valence-electron chi connectivity index (χ3n) is 3.59. The van der Waals surface area contributed by atoms with Crippen LogP contribution in [0.4, 0.5) is 0 Å². The van der Waals surface area contributed by atoms with E-state index in [4.69, 9.17) is 4.74 Å². The number of fused-ring (bicyclic) bond motifs is 1. The van der Waals surface area contributed by atoms with E-state index >= 15 is 0 Å². The Balaban J connectivity index is 1.86. The number of carbonyl (C=O) groups is 2. The van der Waals surface area contributed by atoms with Crippen molar-refractivity contribution >= 4 is 11.9 Å². The zero-order valence-corrected chi connectivity index (χ0v) is 12.7. The van der Waals surface area contributed by atoms with Crippen molar-refractivity contribution in [3.05, 3.63) is 35.4 Å². The molecule has 0 N–H and O–H groups in total. The molecule has 21 heavy (non-hydrogen) atoms. The van der Waals surface area contributed by atoms with Crippen LogP contribution < -0.4 is 0 Å². The molecule has 5 nitrogen and oxygen atoms in total. The first-order valence-electron chi connectivity index (χ1n) is 7.29. The molecule has 0 saturated carbocycles. The predicted octanol–water partition coefficient (Wildman–Crippen LogP) is 1.07. The van der Waals surface area contributed by atoms with Crippen molar-refractivity contribution < 1.29 is 14.3 Å². The molecule has 1 aliphatic heterocycles. The summed E-state index contributed by atoms with van der Waals surface area (Å²) >= 11 is 0. The molecule has 0 spiro atoms. The standard InChI is InChI=1S/C16H22N2O3/c1-3-21-16(20)12-17(2)11-15(19)18-9-8-13-6-4-5-7-14(13)10-18/h4-7H,3,8-12H2,1-2H3. The summed E-state index contributed by atoms with van der Waals surface area (Å²) in [7, 11) is 1.76. The lowest BCUT2D eigenvalue weighted by Crippen LogP contribution is -2.42. The van der Waals surface area contributed by atoms with E-state index in [1.165, 1.54) is 11.1 Å². The number of amides is 1. The molecule has 114 valence electrons. The smallest absolute Gasteiger partial charge is 0.320 e. The van der Waals surface area contributed by atoms with Crippen molar-refractivity contribution in [1.29, 1.82) is 0 Å². The monoisotopic (exact) mass is 290 g/mol. The number of esters is 1. The van der Waals surface area contributed by atoms with Crippen molar-refractivity contribution in [1.82, 2.24) is 9.80 Å². The fourth-order valence-corrected chi connectivity index (χ4v) is 2.52. The molecule has 1 amide bonds. The Hall–Kier alpha value is -1.88. The number of hydrogen-bond acceptors (Lipinski definition) is 4. The van der Waals surface area contributed by atoms with Gasteiger partial charge in [0.25, 0.3) is 0 Å². The lowest BCUT2D eigenvalue weighted by Gasteiger charge is -2.30. The molecule has 0 saturated heterocycles. The van der Waals surface area contributed by atoms with Gasteiger partial charge in [0, 0.05) is 13.1 Å². The van der Waals surface area contributed by atoms with Gasteiger partial charge < -0.3 is 9.64 Å². The van der Waals surface area contributed by atoms with Crippen LogP contribution in [-0.4, -0.2) is 55.0 Å². The lowest BCUT2D eigenvalue weighted by molar-refractivity contribution is -0.144. The van der Waals surface area contributed by atoms with Gasteiger partial charge in [-0.05, 0) is 31.5 Å². The van der Waals surface area contributed by atoms with Crippen LogP contribution in [0.5, 0.6) is 0 Å². The van der Waals surface area contributed by atoms with Gasteiger partial charge in [0.15, 0.2) is 0 Å². The molecule has 0 unspecified atom stereocenters. The van der Waals surface area contributed by atoms with Crippen LogP contribution in [0, 0.1) is 0 Å². The number of ether oxygens (including phenoxy) is 1. The van der Waals surface area contributed by atoms with Crippen molar-refractivity contribution in [2.75, 3.05) is 33.3 Å². The Morgan fingerprint density at radius 3 is 2.67 bits per heavy atom. The van der Waals surface area contributed by atoms with Crippen molar-refractivity contribution in [2.45, 2.75) is 19.9 Å². The highest BCUT2D eigenvalue weighted by Gasteiger charge is 2.21. The molecule has 0 radical (unpaired) electrons. The van der Waals surface area contributed by atoms with Crippen LogP contribution in [0.15, 0.2) is 24.3 Å². The average Bonchev–Trinajstić information content (AvgIpc) is 2.46. The number of nitrogens with zero attached hydrogens (tertiary/aromatic N) is 2. The summed E-state index contributed by atoms with van der Waals surface area (Å²) in [5.41, 5.74) is 2.53. The third kappa shape index (κ3) is 4.29. The van der Waals surface area contributed by atoms with Gasteiger partial charge in [-0.15, -0.1) is 0 Å². The lowest BCUT2D eigenvalue weighted by atomic mass is 10.00. The Morgan fingerprint density at radius 2 is 1.95 bits per heavy atom. The minimum Gasteiger partial charge on any atom is -0.465 e. The predicted molar refractivity (Wildman–Crippen MR) is 79.7 cm³/mol. The van der Waals surface area contributed by atoms with Crippen molar-refractivity contribution in [2.24, 2.45) is 0 Å². The summed E-state index contributed by atoms with van der Waals surface area (Å²) in [5, 5.41) is 0. The number of rotatable bonds is 5. The van der Waals surface area contributed by atoms with E-state index in [2.05, 4.69) is 12.1 Å². The SMILES string of the molecule is CCOC(=O)CN(C)CC(=O)N1CCc2ccccc2C1. The second-order valence-corrected chi connectivity index (χ2v) is 5.31. The van der Waals surface area contributed by atoms with Crippen LogP contribution in [-0.2, 0) is 27.3 Å². The van der Waals surface area contributed by atoms with E-state index < -0.39 is 0 Å². The summed E-state index contributed by atoms with van der Waals surface area (Å²) in [6.07, 6.45) is 0.892. The molecule has 0 bridgehead atoms. The van der Waals surface area contributed by atoms with Crippen LogP contribution in [0.2, 0.25) is 0 Å². The minimum atomic E-state index is -0.295. The van der Waals surface area contributed by atoms with Crippen LogP contribution in [0.25, 0.3) is 0 Å². The second-order valence-electron chi connectivity index (χ2n) is 5.31. The molecule has 0 aliphatic carbocycles. The van der Waals surface area contributed by atoms with E-state index in [1.54, 1.807) is 18.9 Å². The van der Waals surface area contributed by atoms with Crippen LogP contribution in [0.3, 0.4) is 0 Å². The van der Waals surface area contributed by atoms with E-state index in [0.29, 0.717) is 13.2 Å². The van der Waals surface area contributed by atoms with E-state index in [9.17, 15) is 9.59 Å². The molecule has 1 aromatic rings. The Bertz CT molecular complexity index is 516. The highest BCUT2D eigenvalue weighted by atomic mass is 16.5. The fourth-order valence-electron chi connectivity index (χ4n) is 2.52. The van der Waals surface area contributed by atoms with Gasteiger partial charge in [0.1, 0.15) is 0 Å². The first kappa shape index (κ1) is 15.5. The molecular formula is C16H22N2O3. The summed E-state index contributed by atoms with van der Waals surface area (Å²) < 4.78 is 4.88. The molecule has 1 heterocycles. The largest absolute Gasteiger partial charge is 0.465 e. The maximum Gasteiger partial charge on any atom is 0.320 e. The number of carbonyl (C=O) groups excluding carboxylic acids is 2. The Labute approximate surface area is 125 Å². The molecule has 5 heteroatoms. The maximum absolute atomic E-state index is 12.3. The molecular weight excluding hydrogens is 268 g/mol. The molecule has 0 atom stereocenters. The van der Waals surface area contributed by atoms with Gasteiger partial charge in [-0.1, -0.05) is 24.3 Å². The normalized spacial score (nSPS) is 14.0. The number of likely N-dealkylation sites (N-methyl/N-ethyl adjacent to an activating group) is 1. The van der Waals surface area contributed by atoms with E-state index in [-0.39, 0.29) is 25.0 Å². The zero-order chi connectivity index (χ0) is 15.2. The molecule has 0 fully saturated rings. The summed E-state index contributed by atoms with van der Waals surface area (Å²) in [6.45, 7) is 3.91. The van der Waals surface area contributed by atoms with Gasteiger partial charge in [-0.25, -0.2) is 0 Å². The molecule has 2 rings (SSSR count). The van der Waals surface area contributed by atoms with Crippen LogP contribution in [0.1, 0.15) is 18.1 Å². The summed E-state index contributed by atoms with van der Waals surface area (Å²) in [6, 6.07) is 8.21. The topological polar surface area (TPSA) is 49.9 Å². The highest BCUT2D eigenvalue weighted by Crippen LogP contribution is 2.18. The number of hydrogen-bond donors (Lipinski definition) is 0. The quantitative estimate of drug-likeness (QED) is 0.761. The Kier molecular flexibility index (Phi) is 5.33. The molecule has 0 aromatic heterocycles. The van der Waals surface area contributed by atoms with Gasteiger partial charge in [0.05, 0.1) is 19.7 Å². The van der Waals surface area contributed by atoms with Gasteiger partial charge in [0.2, 0.25) is 5.91 Å². The van der Waals surface area contributed by atoms with E-state index in [1.807, 2.05) is 17.0 Å². The van der Waals surface area contributed by atoms with Crippen molar-refractivity contribution in [3.63, 3.8) is 0 Å². The maximum atomic E-state index is 12.3. The third-order valence-corrected chi connectivity index (χ3v) is 3.59.